The summed E-state index contributed by atoms with van der Waals surface area (Å²) in [5.74, 6) is 1.28. The summed E-state index contributed by atoms with van der Waals surface area (Å²) in [6, 6.07) is 0. The number of aromatic nitrogens is 3. The van der Waals surface area contributed by atoms with Gasteiger partial charge in [0.1, 0.15) is 6.61 Å². The smallest absolute Gasteiger partial charge is 0.252 e. The van der Waals surface area contributed by atoms with Gasteiger partial charge in [0.05, 0.1) is 6.10 Å². The number of ether oxygens (including phenoxy) is 1. The van der Waals surface area contributed by atoms with Crippen molar-refractivity contribution >= 4 is 11.9 Å². The lowest BCUT2D eigenvalue weighted by molar-refractivity contribution is -0.122. The standard InChI is InChI=1S/C13H22N4O2/c1-9(2)12-15-13(17(3)16-12)14-11(18)8-19-10-6-4-5-7-10/h9-10H,4-8H2,1-3H3,(H,14,15,16,18). The Morgan fingerprint density at radius 1 is 1.47 bits per heavy atom. The molecule has 1 aromatic rings. The third-order valence-corrected chi connectivity index (χ3v) is 3.30. The zero-order valence-corrected chi connectivity index (χ0v) is 11.8. The second-order valence-electron chi connectivity index (χ2n) is 5.34. The molecule has 1 aliphatic rings. The zero-order valence-electron chi connectivity index (χ0n) is 11.8. The van der Waals surface area contributed by atoms with Crippen molar-refractivity contribution in [2.24, 2.45) is 7.05 Å². The SMILES string of the molecule is CC(C)c1nc(NC(=O)COC2CCCC2)n(C)n1. The molecule has 0 aliphatic heterocycles. The van der Waals surface area contributed by atoms with Crippen LogP contribution in [0.2, 0.25) is 0 Å². The van der Waals surface area contributed by atoms with Gasteiger partial charge in [-0.15, -0.1) is 0 Å². The molecule has 0 saturated heterocycles. The molecular weight excluding hydrogens is 244 g/mol. The highest BCUT2D eigenvalue weighted by Crippen LogP contribution is 2.20. The molecule has 0 unspecified atom stereocenters. The molecule has 1 N–H and O–H groups in total. The van der Waals surface area contributed by atoms with E-state index in [0.717, 1.165) is 18.7 Å². The van der Waals surface area contributed by atoms with Crippen molar-refractivity contribution in [2.75, 3.05) is 11.9 Å². The summed E-state index contributed by atoms with van der Waals surface area (Å²) >= 11 is 0. The highest BCUT2D eigenvalue weighted by molar-refractivity contribution is 5.90. The fourth-order valence-corrected chi connectivity index (χ4v) is 2.17. The van der Waals surface area contributed by atoms with Crippen molar-refractivity contribution in [3.05, 3.63) is 5.82 Å². The third kappa shape index (κ3) is 3.76. The molecule has 106 valence electrons. The highest BCUT2D eigenvalue weighted by atomic mass is 16.5. The van der Waals surface area contributed by atoms with Crippen LogP contribution in [0, 0.1) is 0 Å². The molecule has 0 aromatic carbocycles. The first-order valence-corrected chi connectivity index (χ1v) is 6.88. The largest absolute Gasteiger partial charge is 0.368 e. The molecule has 1 heterocycles. The summed E-state index contributed by atoms with van der Waals surface area (Å²) in [4.78, 5) is 16.1. The summed E-state index contributed by atoms with van der Waals surface area (Å²) in [7, 11) is 1.77. The second kappa shape index (κ2) is 6.14. The van der Waals surface area contributed by atoms with Crippen LogP contribution >= 0.6 is 0 Å². The lowest BCUT2D eigenvalue weighted by atomic mass is 10.2. The van der Waals surface area contributed by atoms with Gasteiger partial charge in [-0.3, -0.25) is 10.1 Å². The average Bonchev–Trinajstić information content (AvgIpc) is 2.97. The van der Waals surface area contributed by atoms with E-state index < -0.39 is 0 Å². The quantitative estimate of drug-likeness (QED) is 0.883. The van der Waals surface area contributed by atoms with Gasteiger partial charge in [-0.2, -0.15) is 10.1 Å². The molecule has 1 fully saturated rings. The number of hydrogen-bond acceptors (Lipinski definition) is 4. The monoisotopic (exact) mass is 266 g/mol. The molecule has 1 amide bonds. The molecule has 0 atom stereocenters. The molecule has 1 saturated carbocycles. The van der Waals surface area contributed by atoms with E-state index in [1.165, 1.54) is 12.8 Å². The fourth-order valence-electron chi connectivity index (χ4n) is 2.17. The van der Waals surface area contributed by atoms with Crippen molar-refractivity contribution in [3.8, 4) is 0 Å². The number of aryl methyl sites for hydroxylation is 1. The summed E-state index contributed by atoms with van der Waals surface area (Å²) in [6.45, 7) is 4.13. The normalized spacial score (nSPS) is 16.2. The first-order valence-electron chi connectivity index (χ1n) is 6.88. The van der Waals surface area contributed by atoms with Crippen LogP contribution in [0.15, 0.2) is 0 Å². The van der Waals surface area contributed by atoms with E-state index in [0.29, 0.717) is 5.95 Å². The van der Waals surface area contributed by atoms with Crippen LogP contribution in [0.3, 0.4) is 0 Å². The molecule has 1 aromatic heterocycles. The Balaban J connectivity index is 1.84. The number of amides is 1. The van der Waals surface area contributed by atoms with E-state index >= 15 is 0 Å². The summed E-state index contributed by atoms with van der Waals surface area (Å²) in [6.07, 6.45) is 4.78. The maximum atomic E-state index is 11.8. The van der Waals surface area contributed by atoms with E-state index in [1.54, 1.807) is 11.7 Å². The van der Waals surface area contributed by atoms with Crippen molar-refractivity contribution in [1.82, 2.24) is 14.8 Å². The molecule has 6 nitrogen and oxygen atoms in total. The van der Waals surface area contributed by atoms with Crippen LogP contribution in [0.25, 0.3) is 0 Å². The summed E-state index contributed by atoms with van der Waals surface area (Å²) < 4.78 is 7.15. The lowest BCUT2D eigenvalue weighted by Gasteiger charge is -2.10. The Labute approximate surface area is 113 Å². The molecule has 0 bridgehead atoms. The first-order chi connectivity index (χ1) is 9.06. The molecule has 0 radical (unpaired) electrons. The molecule has 19 heavy (non-hydrogen) atoms. The maximum absolute atomic E-state index is 11.8. The van der Waals surface area contributed by atoms with Gasteiger partial charge in [0.15, 0.2) is 5.82 Å². The van der Waals surface area contributed by atoms with Crippen LogP contribution in [-0.2, 0) is 16.6 Å². The minimum absolute atomic E-state index is 0.0918. The number of nitrogens with zero attached hydrogens (tertiary/aromatic N) is 3. The molecule has 6 heteroatoms. The minimum Gasteiger partial charge on any atom is -0.368 e. The van der Waals surface area contributed by atoms with Crippen LogP contribution in [-0.4, -0.2) is 33.4 Å². The van der Waals surface area contributed by atoms with Crippen molar-refractivity contribution < 1.29 is 9.53 Å². The van der Waals surface area contributed by atoms with Gasteiger partial charge in [-0.05, 0) is 12.8 Å². The van der Waals surface area contributed by atoms with Crippen LogP contribution in [0.1, 0.15) is 51.3 Å². The Bertz CT molecular complexity index is 436. The predicted octanol–water partition coefficient (Wildman–Crippen LogP) is 1.84. The predicted molar refractivity (Wildman–Crippen MR) is 71.9 cm³/mol. The summed E-state index contributed by atoms with van der Waals surface area (Å²) in [5.41, 5.74) is 0. The van der Waals surface area contributed by atoms with Crippen molar-refractivity contribution in [2.45, 2.75) is 51.6 Å². The van der Waals surface area contributed by atoms with Gasteiger partial charge >= 0.3 is 0 Å². The average molecular weight is 266 g/mol. The molecule has 2 rings (SSSR count). The number of nitrogens with one attached hydrogen (secondary N) is 1. The first kappa shape index (κ1) is 14.0. The maximum Gasteiger partial charge on any atom is 0.252 e. The summed E-state index contributed by atoms with van der Waals surface area (Å²) in [5, 5.41) is 6.99. The van der Waals surface area contributed by atoms with Gasteiger partial charge in [0, 0.05) is 13.0 Å². The molecule has 1 aliphatic carbocycles. The van der Waals surface area contributed by atoms with E-state index in [9.17, 15) is 4.79 Å². The topological polar surface area (TPSA) is 69.0 Å². The molecule has 0 spiro atoms. The second-order valence-corrected chi connectivity index (χ2v) is 5.34. The minimum atomic E-state index is -0.169. The Kier molecular flexibility index (Phi) is 4.52. The number of carbonyl (C=O) groups excluding carboxylic acids is 1. The number of hydrogen-bond donors (Lipinski definition) is 1. The number of rotatable bonds is 5. The van der Waals surface area contributed by atoms with E-state index in [2.05, 4.69) is 15.4 Å². The van der Waals surface area contributed by atoms with Crippen LogP contribution in [0.5, 0.6) is 0 Å². The van der Waals surface area contributed by atoms with Gasteiger partial charge in [0.2, 0.25) is 5.95 Å². The van der Waals surface area contributed by atoms with Gasteiger partial charge < -0.3 is 4.74 Å². The van der Waals surface area contributed by atoms with Crippen LogP contribution < -0.4 is 5.32 Å². The van der Waals surface area contributed by atoms with Gasteiger partial charge in [0.25, 0.3) is 5.91 Å². The number of carbonyl (C=O) groups is 1. The molecular formula is C13H22N4O2. The van der Waals surface area contributed by atoms with E-state index in [1.807, 2.05) is 13.8 Å². The Morgan fingerprint density at radius 2 is 2.16 bits per heavy atom. The van der Waals surface area contributed by atoms with Gasteiger partial charge in [-0.25, -0.2) is 4.68 Å². The number of anilines is 1. The van der Waals surface area contributed by atoms with Crippen LogP contribution in [0.4, 0.5) is 5.95 Å². The van der Waals surface area contributed by atoms with Gasteiger partial charge in [-0.1, -0.05) is 26.7 Å². The highest BCUT2D eigenvalue weighted by Gasteiger charge is 2.18. The van der Waals surface area contributed by atoms with E-state index in [-0.39, 0.29) is 24.5 Å². The van der Waals surface area contributed by atoms with Crippen molar-refractivity contribution in [3.63, 3.8) is 0 Å². The Morgan fingerprint density at radius 3 is 2.74 bits per heavy atom. The fraction of sp³-hybridized carbons (Fsp3) is 0.769. The van der Waals surface area contributed by atoms with Crippen molar-refractivity contribution in [1.29, 1.82) is 0 Å². The lowest BCUT2D eigenvalue weighted by Crippen LogP contribution is -2.23. The Hall–Kier alpha value is -1.43. The third-order valence-electron chi connectivity index (χ3n) is 3.30. The zero-order chi connectivity index (χ0) is 13.8. The van der Waals surface area contributed by atoms with E-state index in [4.69, 9.17) is 4.74 Å².